The number of carboxylic acid groups (broad SMARTS) is 1. The Morgan fingerprint density at radius 3 is 2.67 bits per heavy atom. The van der Waals surface area contributed by atoms with Gasteiger partial charge in [-0.25, -0.2) is 0 Å². The van der Waals surface area contributed by atoms with E-state index in [0.717, 1.165) is 51.9 Å². The lowest BCUT2D eigenvalue weighted by molar-refractivity contribution is -0.136. The van der Waals surface area contributed by atoms with E-state index < -0.39 is 5.97 Å². The predicted octanol–water partition coefficient (Wildman–Crippen LogP) is 5.48. The Bertz CT molecular complexity index is 967. The first kappa shape index (κ1) is 17.7. The highest BCUT2D eigenvalue weighted by Gasteiger charge is 2.19. The van der Waals surface area contributed by atoms with Gasteiger partial charge in [0, 0.05) is 16.5 Å². The van der Waals surface area contributed by atoms with Crippen LogP contribution in [0.5, 0.6) is 5.75 Å². The van der Waals surface area contributed by atoms with Crippen LogP contribution < -0.4 is 4.74 Å². The number of carbonyl (C=O) groups is 1. The summed E-state index contributed by atoms with van der Waals surface area (Å²) in [5.74, 6) is 0.000656. The summed E-state index contributed by atoms with van der Waals surface area (Å²) in [4.78, 5) is 15.0. The minimum absolute atomic E-state index is 0.0173. The van der Waals surface area contributed by atoms with Crippen LogP contribution in [0.15, 0.2) is 42.5 Å². The molecule has 1 aliphatic rings. The summed E-state index contributed by atoms with van der Waals surface area (Å²) >= 11 is 0. The topological polar surface area (TPSA) is 62.3 Å². The fourth-order valence-corrected chi connectivity index (χ4v) is 4.09. The largest absolute Gasteiger partial charge is 0.490 e. The highest BCUT2D eigenvalue weighted by molar-refractivity contribution is 5.95. The summed E-state index contributed by atoms with van der Waals surface area (Å²) in [6.07, 6.45) is 6.19. The molecule has 4 heteroatoms. The Balaban J connectivity index is 1.77. The molecule has 1 aromatic heterocycles. The van der Waals surface area contributed by atoms with Crippen molar-refractivity contribution in [2.24, 2.45) is 0 Å². The van der Waals surface area contributed by atoms with E-state index in [1.165, 1.54) is 19.3 Å². The van der Waals surface area contributed by atoms with E-state index in [4.69, 9.17) is 4.74 Å². The van der Waals surface area contributed by atoms with E-state index in [1.807, 2.05) is 49.4 Å². The smallest absolute Gasteiger partial charge is 0.307 e. The zero-order valence-corrected chi connectivity index (χ0v) is 15.6. The molecule has 140 valence electrons. The molecule has 1 heterocycles. The second kappa shape index (κ2) is 7.47. The van der Waals surface area contributed by atoms with Crippen molar-refractivity contribution in [3.05, 3.63) is 53.6 Å². The maximum atomic E-state index is 11.5. The first-order valence-electron chi connectivity index (χ1n) is 9.71. The summed E-state index contributed by atoms with van der Waals surface area (Å²) in [5, 5.41) is 10.4. The van der Waals surface area contributed by atoms with Gasteiger partial charge in [0.1, 0.15) is 5.75 Å². The molecule has 0 saturated heterocycles. The van der Waals surface area contributed by atoms with Gasteiger partial charge < -0.3 is 14.8 Å². The van der Waals surface area contributed by atoms with Crippen LogP contribution >= 0.6 is 0 Å². The third kappa shape index (κ3) is 3.70. The summed E-state index contributed by atoms with van der Waals surface area (Å²) < 4.78 is 6.20. The summed E-state index contributed by atoms with van der Waals surface area (Å²) in [5.41, 5.74) is 4.82. The molecule has 0 amide bonds. The number of ether oxygens (including phenoxy) is 1. The SMILES string of the molecule is Cc1ccccc1-c1[nH]c2ccc(OC3CCCCC3)cc2c1CC(=O)O. The first-order valence-corrected chi connectivity index (χ1v) is 9.71. The Morgan fingerprint density at radius 1 is 1.15 bits per heavy atom. The highest BCUT2D eigenvalue weighted by atomic mass is 16.5. The molecule has 1 fully saturated rings. The van der Waals surface area contributed by atoms with E-state index in [-0.39, 0.29) is 12.5 Å². The Kier molecular flexibility index (Phi) is 4.88. The van der Waals surface area contributed by atoms with Gasteiger partial charge in [0.2, 0.25) is 0 Å². The molecule has 2 aromatic carbocycles. The van der Waals surface area contributed by atoms with Crippen molar-refractivity contribution >= 4 is 16.9 Å². The van der Waals surface area contributed by atoms with E-state index in [2.05, 4.69) is 4.98 Å². The van der Waals surface area contributed by atoms with Crippen molar-refractivity contribution in [1.29, 1.82) is 0 Å². The highest BCUT2D eigenvalue weighted by Crippen LogP contribution is 2.35. The number of carboxylic acids is 1. The number of rotatable bonds is 5. The van der Waals surface area contributed by atoms with Gasteiger partial charge in [0.15, 0.2) is 0 Å². The van der Waals surface area contributed by atoms with E-state index >= 15 is 0 Å². The molecule has 0 radical (unpaired) electrons. The zero-order valence-electron chi connectivity index (χ0n) is 15.6. The Morgan fingerprint density at radius 2 is 1.93 bits per heavy atom. The molecule has 0 unspecified atom stereocenters. The zero-order chi connectivity index (χ0) is 18.8. The molecule has 3 aromatic rings. The van der Waals surface area contributed by atoms with Gasteiger partial charge >= 0.3 is 5.97 Å². The van der Waals surface area contributed by atoms with Crippen LogP contribution in [0, 0.1) is 6.92 Å². The fraction of sp³-hybridized carbons (Fsp3) is 0.348. The molecular formula is C23H25NO3. The van der Waals surface area contributed by atoms with E-state index in [1.54, 1.807) is 0 Å². The summed E-state index contributed by atoms with van der Waals surface area (Å²) in [6, 6.07) is 14.0. The molecule has 4 rings (SSSR count). The molecular weight excluding hydrogens is 338 g/mol. The summed E-state index contributed by atoms with van der Waals surface area (Å²) in [6.45, 7) is 2.04. The third-order valence-corrected chi connectivity index (χ3v) is 5.47. The van der Waals surface area contributed by atoms with Crippen molar-refractivity contribution in [3.63, 3.8) is 0 Å². The van der Waals surface area contributed by atoms with Gasteiger partial charge in [0.05, 0.1) is 18.2 Å². The number of fused-ring (bicyclic) bond motifs is 1. The van der Waals surface area contributed by atoms with Gasteiger partial charge in [-0.3, -0.25) is 4.79 Å². The van der Waals surface area contributed by atoms with Crippen LogP contribution in [0.25, 0.3) is 22.2 Å². The number of hydrogen-bond donors (Lipinski definition) is 2. The van der Waals surface area contributed by atoms with Crippen LogP contribution in [0.3, 0.4) is 0 Å². The number of hydrogen-bond acceptors (Lipinski definition) is 2. The van der Waals surface area contributed by atoms with E-state index in [0.29, 0.717) is 0 Å². The maximum Gasteiger partial charge on any atom is 0.307 e. The molecule has 27 heavy (non-hydrogen) atoms. The second-order valence-corrected chi connectivity index (χ2v) is 7.45. The lowest BCUT2D eigenvalue weighted by Crippen LogP contribution is -2.19. The molecule has 2 N–H and O–H groups in total. The van der Waals surface area contributed by atoms with E-state index in [9.17, 15) is 9.90 Å². The molecule has 1 saturated carbocycles. The number of aliphatic carboxylic acids is 1. The van der Waals surface area contributed by atoms with Crippen molar-refractivity contribution in [3.8, 4) is 17.0 Å². The van der Waals surface area contributed by atoms with Crippen LogP contribution in [0.4, 0.5) is 0 Å². The standard InChI is InChI=1S/C23H25NO3/c1-15-7-5-6-10-18(15)23-20(14-22(25)26)19-13-17(11-12-21(19)24-23)27-16-8-3-2-4-9-16/h5-7,10-13,16,24H,2-4,8-9,14H2,1H3,(H,25,26). The lowest BCUT2D eigenvalue weighted by Gasteiger charge is -2.23. The minimum Gasteiger partial charge on any atom is -0.490 e. The average Bonchev–Trinajstić information content (AvgIpc) is 3.00. The average molecular weight is 363 g/mol. The van der Waals surface area contributed by atoms with Crippen LogP contribution in [-0.2, 0) is 11.2 Å². The van der Waals surface area contributed by atoms with Gasteiger partial charge in [-0.1, -0.05) is 30.7 Å². The van der Waals surface area contributed by atoms with Gasteiger partial charge in [-0.15, -0.1) is 0 Å². The number of H-pyrrole nitrogens is 1. The quantitative estimate of drug-likeness (QED) is 0.631. The third-order valence-electron chi connectivity index (χ3n) is 5.47. The van der Waals surface area contributed by atoms with Crippen molar-refractivity contribution < 1.29 is 14.6 Å². The van der Waals surface area contributed by atoms with Crippen LogP contribution in [0.1, 0.15) is 43.2 Å². The van der Waals surface area contributed by atoms with Crippen LogP contribution in [-0.4, -0.2) is 22.2 Å². The van der Waals surface area contributed by atoms with Crippen molar-refractivity contribution in [2.45, 2.75) is 51.6 Å². The Hall–Kier alpha value is -2.75. The Labute approximate surface area is 159 Å². The molecule has 4 nitrogen and oxygen atoms in total. The second-order valence-electron chi connectivity index (χ2n) is 7.45. The number of aromatic amines is 1. The lowest BCUT2D eigenvalue weighted by atomic mass is 9.97. The maximum absolute atomic E-state index is 11.5. The number of aryl methyl sites for hydroxylation is 1. The number of benzene rings is 2. The number of nitrogens with one attached hydrogen (secondary N) is 1. The summed E-state index contributed by atoms with van der Waals surface area (Å²) in [7, 11) is 0. The molecule has 0 spiro atoms. The van der Waals surface area contributed by atoms with Crippen LogP contribution in [0.2, 0.25) is 0 Å². The van der Waals surface area contributed by atoms with Gasteiger partial charge in [-0.05, 0) is 61.9 Å². The molecule has 0 atom stereocenters. The van der Waals surface area contributed by atoms with Crippen molar-refractivity contribution in [2.75, 3.05) is 0 Å². The normalized spacial score (nSPS) is 15.1. The minimum atomic E-state index is -0.829. The monoisotopic (exact) mass is 363 g/mol. The molecule has 0 aliphatic heterocycles. The molecule has 0 bridgehead atoms. The number of aromatic nitrogens is 1. The predicted molar refractivity (Wildman–Crippen MR) is 107 cm³/mol. The van der Waals surface area contributed by atoms with Gasteiger partial charge in [-0.2, -0.15) is 0 Å². The van der Waals surface area contributed by atoms with Gasteiger partial charge in [0.25, 0.3) is 0 Å². The molecule has 1 aliphatic carbocycles. The fourth-order valence-electron chi connectivity index (χ4n) is 4.09. The first-order chi connectivity index (χ1) is 13.1. The van der Waals surface area contributed by atoms with Crippen molar-refractivity contribution in [1.82, 2.24) is 4.98 Å².